The number of amides is 1. The van der Waals surface area contributed by atoms with Crippen LogP contribution in [-0.2, 0) is 16.6 Å². The highest BCUT2D eigenvalue weighted by molar-refractivity contribution is 5.88. The van der Waals surface area contributed by atoms with Crippen LogP contribution in [0.4, 0.5) is 17.6 Å². The van der Waals surface area contributed by atoms with Crippen molar-refractivity contribution in [3.05, 3.63) is 18.0 Å². The number of aliphatic carboxylic acids is 1. The standard InChI is InChI=1S/C9H9F4N3O3/c1-16-3-4(2-14-16)5(6(17)18)15-8(19)9(12,13)7(10)11/h2-3,5,7H,1H3,(H,15,19)(H,17,18). The molecule has 10 heteroatoms. The van der Waals surface area contributed by atoms with Gasteiger partial charge in [0.1, 0.15) is 0 Å². The second-order valence-corrected chi connectivity index (χ2v) is 3.62. The number of carboxylic acids is 1. The number of alkyl halides is 4. The summed E-state index contributed by atoms with van der Waals surface area (Å²) < 4.78 is 50.5. The number of aromatic nitrogens is 2. The Morgan fingerprint density at radius 2 is 2.05 bits per heavy atom. The van der Waals surface area contributed by atoms with Crippen LogP contribution in [0.25, 0.3) is 0 Å². The molecule has 0 radical (unpaired) electrons. The van der Waals surface area contributed by atoms with Gasteiger partial charge in [-0.15, -0.1) is 0 Å². The van der Waals surface area contributed by atoms with Crippen molar-refractivity contribution in [3.63, 3.8) is 0 Å². The molecule has 1 aromatic heterocycles. The highest BCUT2D eigenvalue weighted by Crippen LogP contribution is 2.24. The lowest BCUT2D eigenvalue weighted by Gasteiger charge is -2.18. The molecular weight excluding hydrogens is 274 g/mol. The van der Waals surface area contributed by atoms with Crippen molar-refractivity contribution in [2.75, 3.05) is 0 Å². The van der Waals surface area contributed by atoms with E-state index in [9.17, 15) is 27.2 Å². The number of nitrogens with zero attached hydrogens (tertiary/aromatic N) is 2. The lowest BCUT2D eigenvalue weighted by molar-refractivity contribution is -0.171. The number of carbonyl (C=O) groups is 2. The predicted octanol–water partition coefficient (Wildman–Crippen LogP) is 0.562. The fraction of sp³-hybridized carbons (Fsp3) is 0.444. The Hall–Kier alpha value is -2.13. The topological polar surface area (TPSA) is 84.2 Å². The number of aryl methyl sites for hydroxylation is 1. The number of hydrogen-bond acceptors (Lipinski definition) is 3. The van der Waals surface area contributed by atoms with E-state index < -0.39 is 30.3 Å². The molecule has 0 fully saturated rings. The summed E-state index contributed by atoms with van der Waals surface area (Å²) in [5, 5.41) is 13.7. The van der Waals surface area contributed by atoms with Crippen molar-refractivity contribution < 1.29 is 32.3 Å². The maximum absolute atomic E-state index is 12.7. The molecule has 1 rings (SSSR count). The molecule has 6 nitrogen and oxygen atoms in total. The molecule has 1 aromatic rings. The minimum Gasteiger partial charge on any atom is -0.479 e. The zero-order chi connectivity index (χ0) is 14.8. The summed E-state index contributed by atoms with van der Waals surface area (Å²) in [5.41, 5.74) is -0.117. The molecule has 0 bridgehead atoms. The highest BCUT2D eigenvalue weighted by atomic mass is 19.3. The number of hydrogen-bond donors (Lipinski definition) is 2. The molecule has 1 unspecified atom stereocenters. The maximum atomic E-state index is 12.7. The van der Waals surface area contributed by atoms with Gasteiger partial charge in [-0.2, -0.15) is 13.9 Å². The maximum Gasteiger partial charge on any atom is 0.383 e. The Labute approximate surface area is 104 Å². The molecule has 0 saturated carbocycles. The number of carboxylic acid groups (broad SMARTS) is 1. The van der Waals surface area contributed by atoms with E-state index in [1.165, 1.54) is 17.0 Å². The minimum atomic E-state index is -4.96. The third-order valence-electron chi connectivity index (χ3n) is 2.16. The Morgan fingerprint density at radius 3 is 2.42 bits per heavy atom. The van der Waals surface area contributed by atoms with Crippen LogP contribution in [0.15, 0.2) is 12.4 Å². The molecule has 1 heterocycles. The van der Waals surface area contributed by atoms with E-state index in [1.807, 2.05) is 0 Å². The largest absolute Gasteiger partial charge is 0.479 e. The lowest BCUT2D eigenvalue weighted by atomic mass is 10.1. The van der Waals surface area contributed by atoms with Crippen LogP contribution in [-0.4, -0.2) is 39.1 Å². The van der Waals surface area contributed by atoms with Crippen molar-refractivity contribution in [2.24, 2.45) is 7.05 Å². The van der Waals surface area contributed by atoms with Gasteiger partial charge in [0.2, 0.25) is 0 Å². The van der Waals surface area contributed by atoms with Gasteiger partial charge < -0.3 is 10.4 Å². The van der Waals surface area contributed by atoms with E-state index >= 15 is 0 Å². The molecule has 0 aliphatic carbocycles. The molecule has 19 heavy (non-hydrogen) atoms. The third kappa shape index (κ3) is 3.20. The summed E-state index contributed by atoms with van der Waals surface area (Å²) >= 11 is 0. The Morgan fingerprint density at radius 1 is 1.47 bits per heavy atom. The van der Waals surface area contributed by atoms with E-state index in [4.69, 9.17) is 5.11 Å². The number of rotatable bonds is 5. The highest BCUT2D eigenvalue weighted by Gasteiger charge is 2.50. The molecule has 0 aromatic carbocycles. The van der Waals surface area contributed by atoms with E-state index in [0.717, 1.165) is 12.4 Å². The van der Waals surface area contributed by atoms with Gasteiger partial charge in [-0.25, -0.2) is 13.6 Å². The van der Waals surface area contributed by atoms with Gasteiger partial charge >= 0.3 is 18.3 Å². The average Bonchev–Trinajstić information content (AvgIpc) is 2.71. The summed E-state index contributed by atoms with van der Waals surface area (Å²) in [4.78, 5) is 21.8. The normalized spacial score (nSPS) is 13.4. The van der Waals surface area contributed by atoms with Gasteiger partial charge in [0.05, 0.1) is 6.20 Å². The van der Waals surface area contributed by atoms with Gasteiger partial charge in [-0.3, -0.25) is 9.48 Å². The molecule has 106 valence electrons. The summed E-state index contributed by atoms with van der Waals surface area (Å²) in [5.74, 6) is -9.00. The molecule has 0 aliphatic heterocycles. The van der Waals surface area contributed by atoms with E-state index in [-0.39, 0.29) is 5.56 Å². The number of carbonyl (C=O) groups excluding carboxylic acids is 1. The first-order valence-corrected chi connectivity index (χ1v) is 4.84. The van der Waals surface area contributed by atoms with Crippen LogP contribution >= 0.6 is 0 Å². The summed E-state index contributed by atoms with van der Waals surface area (Å²) in [6.07, 6.45) is -2.06. The van der Waals surface area contributed by atoms with Gasteiger partial charge in [-0.1, -0.05) is 0 Å². The van der Waals surface area contributed by atoms with Crippen molar-refractivity contribution >= 4 is 11.9 Å². The second-order valence-electron chi connectivity index (χ2n) is 3.62. The third-order valence-corrected chi connectivity index (χ3v) is 2.16. The van der Waals surface area contributed by atoms with Crippen LogP contribution in [0.5, 0.6) is 0 Å². The predicted molar refractivity (Wildman–Crippen MR) is 52.7 cm³/mol. The average molecular weight is 283 g/mol. The Balaban J connectivity index is 2.93. The fourth-order valence-corrected chi connectivity index (χ4v) is 1.20. The van der Waals surface area contributed by atoms with Crippen molar-refractivity contribution in [3.8, 4) is 0 Å². The molecular formula is C9H9F4N3O3. The van der Waals surface area contributed by atoms with E-state index in [1.54, 1.807) is 0 Å². The minimum absolute atomic E-state index is 0.117. The number of halogens is 4. The Kier molecular flexibility index (Phi) is 4.12. The molecule has 0 saturated heterocycles. The van der Waals surface area contributed by atoms with E-state index in [2.05, 4.69) is 5.10 Å². The van der Waals surface area contributed by atoms with Crippen molar-refractivity contribution in [1.82, 2.24) is 15.1 Å². The van der Waals surface area contributed by atoms with E-state index in [0.29, 0.717) is 0 Å². The van der Waals surface area contributed by atoms with Crippen LogP contribution in [0, 0.1) is 0 Å². The van der Waals surface area contributed by atoms with Crippen LogP contribution < -0.4 is 5.32 Å². The molecule has 2 N–H and O–H groups in total. The van der Waals surface area contributed by atoms with Gasteiger partial charge in [0.25, 0.3) is 5.91 Å². The fourth-order valence-electron chi connectivity index (χ4n) is 1.20. The summed E-state index contributed by atoms with van der Waals surface area (Å²) in [6.45, 7) is 0. The first kappa shape index (κ1) is 14.9. The lowest BCUT2D eigenvalue weighted by Crippen LogP contribution is -2.47. The Bertz CT molecular complexity index is 489. The first-order chi connectivity index (χ1) is 8.66. The monoisotopic (exact) mass is 283 g/mol. The van der Waals surface area contributed by atoms with Crippen molar-refractivity contribution in [2.45, 2.75) is 18.4 Å². The summed E-state index contributed by atoms with van der Waals surface area (Å²) in [6, 6.07) is -1.88. The number of nitrogens with one attached hydrogen (secondary N) is 1. The zero-order valence-corrected chi connectivity index (χ0v) is 9.48. The van der Waals surface area contributed by atoms with Crippen LogP contribution in [0.2, 0.25) is 0 Å². The SMILES string of the molecule is Cn1cc(C(NC(=O)C(F)(F)C(F)F)C(=O)O)cn1. The molecule has 0 aliphatic rings. The van der Waals surface area contributed by atoms with Crippen LogP contribution in [0.3, 0.4) is 0 Å². The molecule has 0 spiro atoms. The zero-order valence-electron chi connectivity index (χ0n) is 9.48. The van der Waals surface area contributed by atoms with Gasteiger partial charge in [0, 0.05) is 18.8 Å². The summed E-state index contributed by atoms with van der Waals surface area (Å²) in [7, 11) is 1.43. The second kappa shape index (κ2) is 5.24. The van der Waals surface area contributed by atoms with Gasteiger partial charge in [0.15, 0.2) is 6.04 Å². The molecule has 1 atom stereocenters. The van der Waals surface area contributed by atoms with Crippen LogP contribution in [0.1, 0.15) is 11.6 Å². The quantitative estimate of drug-likeness (QED) is 0.773. The first-order valence-electron chi connectivity index (χ1n) is 4.84. The smallest absolute Gasteiger partial charge is 0.383 e. The van der Waals surface area contributed by atoms with Gasteiger partial charge in [-0.05, 0) is 0 Å². The van der Waals surface area contributed by atoms with Crippen molar-refractivity contribution in [1.29, 1.82) is 0 Å². The molecule has 1 amide bonds.